The molecular formula is C13H23N3. The monoisotopic (exact) mass is 221 g/mol. The molecule has 3 heteroatoms. The van der Waals surface area contributed by atoms with E-state index in [1.807, 2.05) is 6.20 Å². The van der Waals surface area contributed by atoms with E-state index in [0.29, 0.717) is 5.41 Å². The highest BCUT2D eigenvalue weighted by Crippen LogP contribution is 2.21. The van der Waals surface area contributed by atoms with Gasteiger partial charge in [-0.2, -0.15) is 0 Å². The Labute approximate surface area is 98.3 Å². The molecule has 16 heavy (non-hydrogen) atoms. The van der Waals surface area contributed by atoms with Crippen LogP contribution in [0.25, 0.3) is 0 Å². The molecule has 2 rings (SSSR count). The van der Waals surface area contributed by atoms with Crippen molar-refractivity contribution in [1.82, 2.24) is 14.9 Å². The van der Waals surface area contributed by atoms with Crippen LogP contribution < -0.4 is 5.32 Å². The Bertz CT molecular complexity index is 331. The highest BCUT2D eigenvalue weighted by molar-refractivity contribution is 4.94. The molecule has 0 aliphatic heterocycles. The van der Waals surface area contributed by atoms with Crippen molar-refractivity contribution < 1.29 is 0 Å². The minimum absolute atomic E-state index is 0.394. The second-order valence-corrected chi connectivity index (χ2v) is 6.00. The fourth-order valence-corrected chi connectivity index (χ4v) is 1.69. The number of nitrogens with one attached hydrogen (secondary N) is 1. The van der Waals surface area contributed by atoms with E-state index in [-0.39, 0.29) is 0 Å². The van der Waals surface area contributed by atoms with E-state index in [4.69, 9.17) is 0 Å². The Morgan fingerprint density at radius 3 is 2.81 bits per heavy atom. The van der Waals surface area contributed by atoms with E-state index in [9.17, 15) is 0 Å². The third-order valence-corrected chi connectivity index (χ3v) is 3.03. The van der Waals surface area contributed by atoms with Crippen molar-refractivity contribution in [3.63, 3.8) is 0 Å². The lowest BCUT2D eigenvalue weighted by Gasteiger charge is -2.19. The molecule has 1 fully saturated rings. The number of rotatable bonds is 5. The van der Waals surface area contributed by atoms with Gasteiger partial charge in [0.1, 0.15) is 5.82 Å². The SMILES string of the molecule is CC(C)(C)CCn1ccnc1CNC1CC1. The van der Waals surface area contributed by atoms with Crippen LogP contribution >= 0.6 is 0 Å². The topological polar surface area (TPSA) is 29.9 Å². The van der Waals surface area contributed by atoms with Crippen molar-refractivity contribution in [3.05, 3.63) is 18.2 Å². The van der Waals surface area contributed by atoms with E-state index in [0.717, 1.165) is 19.1 Å². The zero-order valence-corrected chi connectivity index (χ0v) is 10.7. The minimum Gasteiger partial charge on any atom is -0.334 e. The highest BCUT2D eigenvalue weighted by Gasteiger charge is 2.20. The van der Waals surface area contributed by atoms with Crippen LogP contribution in [0.15, 0.2) is 12.4 Å². The number of nitrogens with zero attached hydrogens (tertiary/aromatic N) is 2. The Morgan fingerprint density at radius 2 is 2.19 bits per heavy atom. The maximum absolute atomic E-state index is 4.42. The van der Waals surface area contributed by atoms with E-state index in [1.165, 1.54) is 25.1 Å². The first-order chi connectivity index (χ1) is 7.54. The van der Waals surface area contributed by atoms with Gasteiger partial charge in [0.2, 0.25) is 0 Å². The van der Waals surface area contributed by atoms with Gasteiger partial charge in [0, 0.05) is 25.0 Å². The zero-order chi connectivity index (χ0) is 11.6. The van der Waals surface area contributed by atoms with Crippen LogP contribution in [0.2, 0.25) is 0 Å². The molecule has 1 aliphatic carbocycles. The maximum Gasteiger partial charge on any atom is 0.122 e. The molecule has 1 aromatic heterocycles. The Kier molecular flexibility index (Phi) is 3.33. The van der Waals surface area contributed by atoms with Gasteiger partial charge in [-0.25, -0.2) is 4.98 Å². The van der Waals surface area contributed by atoms with Gasteiger partial charge in [-0.3, -0.25) is 0 Å². The second-order valence-electron chi connectivity index (χ2n) is 6.00. The van der Waals surface area contributed by atoms with Crippen molar-refractivity contribution in [2.45, 2.75) is 59.2 Å². The van der Waals surface area contributed by atoms with Crippen LogP contribution in [0.5, 0.6) is 0 Å². The summed E-state index contributed by atoms with van der Waals surface area (Å²) in [7, 11) is 0. The molecule has 1 aliphatic rings. The van der Waals surface area contributed by atoms with Crippen molar-refractivity contribution in [1.29, 1.82) is 0 Å². The molecule has 0 bridgehead atoms. The largest absolute Gasteiger partial charge is 0.334 e. The van der Waals surface area contributed by atoms with Crippen molar-refractivity contribution in [3.8, 4) is 0 Å². The summed E-state index contributed by atoms with van der Waals surface area (Å²) in [5.74, 6) is 1.18. The van der Waals surface area contributed by atoms with Gasteiger partial charge in [0.05, 0.1) is 6.54 Å². The fourth-order valence-electron chi connectivity index (χ4n) is 1.69. The number of hydrogen-bond acceptors (Lipinski definition) is 2. The van der Waals surface area contributed by atoms with E-state index < -0.39 is 0 Å². The molecule has 0 spiro atoms. The van der Waals surface area contributed by atoms with Gasteiger partial charge in [-0.05, 0) is 24.7 Å². The Hall–Kier alpha value is -0.830. The molecule has 0 unspecified atom stereocenters. The first-order valence-corrected chi connectivity index (χ1v) is 6.28. The molecule has 0 aromatic carbocycles. The fraction of sp³-hybridized carbons (Fsp3) is 0.769. The predicted octanol–water partition coefficient (Wildman–Crippen LogP) is 2.57. The Balaban J connectivity index is 1.85. The van der Waals surface area contributed by atoms with Gasteiger partial charge in [0.15, 0.2) is 0 Å². The third-order valence-electron chi connectivity index (χ3n) is 3.03. The van der Waals surface area contributed by atoms with Crippen LogP contribution in [-0.4, -0.2) is 15.6 Å². The highest BCUT2D eigenvalue weighted by atomic mass is 15.1. The smallest absolute Gasteiger partial charge is 0.122 e. The summed E-state index contributed by atoms with van der Waals surface area (Å²) in [6, 6.07) is 0.757. The summed E-state index contributed by atoms with van der Waals surface area (Å²) in [5.41, 5.74) is 0.394. The average Bonchev–Trinajstić information content (AvgIpc) is 2.90. The summed E-state index contributed by atoms with van der Waals surface area (Å²) >= 11 is 0. The standard InChI is InChI=1S/C13H23N3/c1-13(2,3)6-8-16-9-7-14-12(16)10-15-11-4-5-11/h7,9,11,15H,4-6,8,10H2,1-3H3. The van der Waals surface area contributed by atoms with Crippen LogP contribution in [0.4, 0.5) is 0 Å². The Morgan fingerprint density at radius 1 is 1.44 bits per heavy atom. The van der Waals surface area contributed by atoms with Crippen LogP contribution in [-0.2, 0) is 13.1 Å². The summed E-state index contributed by atoms with van der Waals surface area (Å²) in [6.45, 7) is 8.84. The molecule has 90 valence electrons. The van der Waals surface area contributed by atoms with Crippen molar-refractivity contribution in [2.75, 3.05) is 0 Å². The lowest BCUT2D eigenvalue weighted by molar-refractivity contribution is 0.346. The number of hydrogen-bond donors (Lipinski definition) is 1. The van der Waals surface area contributed by atoms with Crippen LogP contribution in [0.1, 0.15) is 45.9 Å². The molecule has 1 heterocycles. The molecular weight excluding hydrogens is 198 g/mol. The molecule has 0 saturated heterocycles. The second kappa shape index (κ2) is 4.58. The van der Waals surface area contributed by atoms with Crippen LogP contribution in [0, 0.1) is 5.41 Å². The molecule has 1 N–H and O–H groups in total. The molecule has 1 aromatic rings. The number of aryl methyl sites for hydroxylation is 1. The molecule has 0 radical (unpaired) electrons. The van der Waals surface area contributed by atoms with Gasteiger partial charge < -0.3 is 9.88 Å². The van der Waals surface area contributed by atoms with Gasteiger partial charge in [0.25, 0.3) is 0 Å². The van der Waals surface area contributed by atoms with E-state index in [1.54, 1.807) is 0 Å². The third kappa shape index (κ3) is 3.63. The van der Waals surface area contributed by atoms with Crippen LogP contribution in [0.3, 0.4) is 0 Å². The predicted molar refractivity (Wildman–Crippen MR) is 66.2 cm³/mol. The van der Waals surface area contributed by atoms with Gasteiger partial charge in [-0.15, -0.1) is 0 Å². The van der Waals surface area contributed by atoms with E-state index >= 15 is 0 Å². The summed E-state index contributed by atoms with van der Waals surface area (Å²) < 4.78 is 2.28. The average molecular weight is 221 g/mol. The first kappa shape index (κ1) is 11.6. The lowest BCUT2D eigenvalue weighted by atomic mass is 9.92. The summed E-state index contributed by atoms with van der Waals surface area (Å²) in [5, 5.41) is 3.51. The molecule has 1 saturated carbocycles. The summed E-state index contributed by atoms with van der Waals surface area (Å²) in [4.78, 5) is 4.42. The lowest BCUT2D eigenvalue weighted by Crippen LogP contribution is -2.20. The van der Waals surface area contributed by atoms with Gasteiger partial charge in [-0.1, -0.05) is 20.8 Å². The normalized spacial score (nSPS) is 16.7. The quantitative estimate of drug-likeness (QED) is 0.828. The zero-order valence-electron chi connectivity index (χ0n) is 10.7. The first-order valence-electron chi connectivity index (χ1n) is 6.28. The maximum atomic E-state index is 4.42. The number of imidazole rings is 1. The molecule has 0 amide bonds. The van der Waals surface area contributed by atoms with Crippen molar-refractivity contribution >= 4 is 0 Å². The van der Waals surface area contributed by atoms with Gasteiger partial charge >= 0.3 is 0 Å². The van der Waals surface area contributed by atoms with E-state index in [2.05, 4.69) is 41.8 Å². The minimum atomic E-state index is 0.394. The molecule has 3 nitrogen and oxygen atoms in total. The number of aromatic nitrogens is 2. The molecule has 0 atom stereocenters. The summed E-state index contributed by atoms with van der Waals surface area (Å²) in [6.07, 6.45) is 7.87. The van der Waals surface area contributed by atoms with Crippen molar-refractivity contribution in [2.24, 2.45) is 5.41 Å².